The SMILES string of the molecule is COc1ccc(S(=O)(=O)N(CCc2ccccc2)CC(=O)N/N=C\c2ccccc2Cl)cc1OC. The lowest BCUT2D eigenvalue weighted by Crippen LogP contribution is -2.40. The van der Waals surface area contributed by atoms with Gasteiger partial charge in [-0.1, -0.05) is 60.1 Å². The standard InChI is InChI=1S/C25H26ClN3O5S/c1-33-23-13-12-21(16-24(23)34-2)35(31,32)29(15-14-19-8-4-3-5-9-19)18-25(30)28-27-17-20-10-6-7-11-22(20)26/h3-13,16-17H,14-15,18H2,1-2H3,(H,28,30)/b27-17-. The highest BCUT2D eigenvalue weighted by atomic mass is 35.5. The predicted molar refractivity (Wildman–Crippen MR) is 136 cm³/mol. The first-order valence-corrected chi connectivity index (χ1v) is 12.5. The lowest BCUT2D eigenvalue weighted by atomic mass is 10.1. The van der Waals surface area contributed by atoms with E-state index in [-0.39, 0.29) is 17.2 Å². The first-order valence-electron chi connectivity index (χ1n) is 10.7. The number of carbonyl (C=O) groups is 1. The highest BCUT2D eigenvalue weighted by molar-refractivity contribution is 7.89. The van der Waals surface area contributed by atoms with Gasteiger partial charge in [-0.15, -0.1) is 0 Å². The van der Waals surface area contributed by atoms with E-state index in [1.54, 1.807) is 24.3 Å². The topological polar surface area (TPSA) is 97.3 Å². The lowest BCUT2D eigenvalue weighted by molar-refractivity contribution is -0.121. The predicted octanol–water partition coefficient (Wildman–Crippen LogP) is 3.74. The van der Waals surface area contributed by atoms with Crippen molar-refractivity contribution in [3.8, 4) is 11.5 Å². The van der Waals surface area contributed by atoms with Crippen molar-refractivity contribution in [3.05, 3.63) is 88.9 Å². The molecule has 3 aromatic rings. The van der Waals surface area contributed by atoms with Crippen molar-refractivity contribution in [2.75, 3.05) is 27.3 Å². The molecule has 0 saturated heterocycles. The van der Waals surface area contributed by atoms with Crippen LogP contribution in [0.15, 0.2) is 82.8 Å². The van der Waals surface area contributed by atoms with Gasteiger partial charge in [0.05, 0.1) is 31.9 Å². The highest BCUT2D eigenvalue weighted by Crippen LogP contribution is 2.30. The molecule has 0 aliphatic rings. The summed E-state index contributed by atoms with van der Waals surface area (Å²) in [7, 11) is -1.16. The third-order valence-corrected chi connectivity index (χ3v) is 7.29. The third-order valence-electron chi connectivity index (χ3n) is 5.10. The molecular weight excluding hydrogens is 490 g/mol. The minimum Gasteiger partial charge on any atom is -0.493 e. The van der Waals surface area contributed by atoms with Crippen molar-refractivity contribution < 1.29 is 22.7 Å². The van der Waals surface area contributed by atoms with Crippen LogP contribution in [0, 0.1) is 0 Å². The highest BCUT2D eigenvalue weighted by Gasteiger charge is 2.27. The van der Waals surface area contributed by atoms with E-state index in [1.807, 2.05) is 30.3 Å². The summed E-state index contributed by atoms with van der Waals surface area (Å²) >= 11 is 6.09. The van der Waals surface area contributed by atoms with Crippen molar-refractivity contribution in [2.45, 2.75) is 11.3 Å². The number of hydrazone groups is 1. The molecule has 0 spiro atoms. The summed E-state index contributed by atoms with van der Waals surface area (Å²) in [5.41, 5.74) is 3.93. The molecule has 1 amide bonds. The fraction of sp³-hybridized carbons (Fsp3) is 0.200. The Morgan fingerprint density at radius 2 is 1.69 bits per heavy atom. The number of sulfonamides is 1. The molecule has 184 valence electrons. The van der Waals surface area contributed by atoms with Crippen LogP contribution in [-0.2, 0) is 21.2 Å². The van der Waals surface area contributed by atoms with E-state index in [0.717, 1.165) is 9.87 Å². The number of nitrogens with zero attached hydrogens (tertiary/aromatic N) is 2. The zero-order valence-corrected chi connectivity index (χ0v) is 20.9. The van der Waals surface area contributed by atoms with Crippen LogP contribution in [0.2, 0.25) is 5.02 Å². The summed E-state index contributed by atoms with van der Waals surface area (Å²) in [5.74, 6) is 0.0738. The Kier molecular flexibility index (Phi) is 9.25. The molecular formula is C25H26ClN3O5S. The van der Waals surface area contributed by atoms with Crippen LogP contribution in [0.1, 0.15) is 11.1 Å². The fourth-order valence-corrected chi connectivity index (χ4v) is 4.86. The molecule has 35 heavy (non-hydrogen) atoms. The van der Waals surface area contributed by atoms with Gasteiger partial charge in [-0.3, -0.25) is 4.79 Å². The molecule has 10 heteroatoms. The van der Waals surface area contributed by atoms with E-state index < -0.39 is 22.5 Å². The molecule has 0 aliphatic carbocycles. The molecule has 0 aromatic heterocycles. The molecule has 0 atom stereocenters. The molecule has 0 fully saturated rings. The van der Waals surface area contributed by atoms with E-state index in [0.29, 0.717) is 22.8 Å². The van der Waals surface area contributed by atoms with Crippen LogP contribution < -0.4 is 14.9 Å². The van der Waals surface area contributed by atoms with Gasteiger partial charge in [-0.05, 0) is 30.2 Å². The van der Waals surface area contributed by atoms with Crippen LogP contribution in [0.5, 0.6) is 11.5 Å². The average molecular weight is 516 g/mol. The maximum Gasteiger partial charge on any atom is 0.255 e. The summed E-state index contributed by atoms with van der Waals surface area (Å²) in [5, 5.41) is 4.39. The Hall–Kier alpha value is -3.40. The number of rotatable bonds is 11. The molecule has 3 aromatic carbocycles. The van der Waals surface area contributed by atoms with Crippen LogP contribution in [0.3, 0.4) is 0 Å². The molecule has 1 N–H and O–H groups in total. The van der Waals surface area contributed by atoms with Gasteiger partial charge >= 0.3 is 0 Å². The van der Waals surface area contributed by atoms with Crippen LogP contribution in [-0.4, -0.2) is 52.2 Å². The smallest absolute Gasteiger partial charge is 0.255 e. The van der Waals surface area contributed by atoms with Crippen molar-refractivity contribution in [2.24, 2.45) is 5.10 Å². The second kappa shape index (κ2) is 12.3. The molecule has 0 saturated carbocycles. The van der Waals surface area contributed by atoms with Gasteiger partial charge in [0.2, 0.25) is 10.0 Å². The maximum absolute atomic E-state index is 13.5. The molecule has 0 unspecified atom stereocenters. The fourth-order valence-electron chi connectivity index (χ4n) is 3.26. The Bertz CT molecular complexity index is 1280. The number of amides is 1. The molecule has 0 bridgehead atoms. The molecule has 0 heterocycles. The van der Waals surface area contributed by atoms with Crippen LogP contribution in [0.4, 0.5) is 0 Å². The van der Waals surface area contributed by atoms with Crippen LogP contribution in [0.25, 0.3) is 0 Å². The summed E-state index contributed by atoms with van der Waals surface area (Å²) in [6, 6.07) is 20.7. The van der Waals surface area contributed by atoms with Gasteiger partial charge in [0, 0.05) is 23.2 Å². The Labute approximate surface area is 210 Å². The van der Waals surface area contributed by atoms with Gasteiger partial charge in [0.1, 0.15) is 0 Å². The molecule has 3 rings (SSSR count). The Morgan fingerprint density at radius 3 is 2.37 bits per heavy atom. The number of ether oxygens (including phenoxy) is 2. The largest absolute Gasteiger partial charge is 0.493 e. The maximum atomic E-state index is 13.5. The molecule has 0 aliphatic heterocycles. The number of nitrogens with one attached hydrogen (secondary N) is 1. The van der Waals surface area contributed by atoms with Gasteiger partial charge in [-0.25, -0.2) is 13.8 Å². The van der Waals surface area contributed by atoms with Crippen molar-refractivity contribution in [1.29, 1.82) is 0 Å². The summed E-state index contributed by atoms with van der Waals surface area (Å²) in [4.78, 5) is 12.6. The lowest BCUT2D eigenvalue weighted by Gasteiger charge is -2.22. The Morgan fingerprint density at radius 1 is 1.00 bits per heavy atom. The van der Waals surface area contributed by atoms with Gasteiger partial charge in [-0.2, -0.15) is 9.41 Å². The van der Waals surface area contributed by atoms with Crippen LogP contribution >= 0.6 is 11.6 Å². The second-order valence-electron chi connectivity index (χ2n) is 7.41. The average Bonchev–Trinajstić information content (AvgIpc) is 2.87. The first-order chi connectivity index (χ1) is 16.8. The number of benzene rings is 3. The number of methoxy groups -OCH3 is 2. The number of halogens is 1. The number of hydrogen-bond acceptors (Lipinski definition) is 6. The summed E-state index contributed by atoms with van der Waals surface area (Å²) in [6.07, 6.45) is 1.82. The van der Waals surface area contributed by atoms with Gasteiger partial charge < -0.3 is 9.47 Å². The minimum atomic E-state index is -4.04. The quantitative estimate of drug-likeness (QED) is 0.310. The Balaban J connectivity index is 1.81. The summed E-state index contributed by atoms with van der Waals surface area (Å²) < 4.78 is 38.5. The zero-order chi connectivity index (χ0) is 25.3. The molecule has 8 nitrogen and oxygen atoms in total. The van der Waals surface area contributed by atoms with Crippen molar-refractivity contribution in [3.63, 3.8) is 0 Å². The number of hydrogen-bond donors (Lipinski definition) is 1. The minimum absolute atomic E-state index is 0.0180. The summed E-state index contributed by atoms with van der Waals surface area (Å²) in [6.45, 7) is -0.342. The second-order valence-corrected chi connectivity index (χ2v) is 9.75. The normalized spacial score (nSPS) is 11.5. The van der Waals surface area contributed by atoms with E-state index in [2.05, 4.69) is 10.5 Å². The third kappa shape index (κ3) is 7.05. The first kappa shape index (κ1) is 26.2. The van der Waals surface area contributed by atoms with Gasteiger partial charge in [0.25, 0.3) is 5.91 Å². The van der Waals surface area contributed by atoms with Gasteiger partial charge in [0.15, 0.2) is 11.5 Å². The van der Waals surface area contributed by atoms with Crippen molar-refractivity contribution in [1.82, 2.24) is 9.73 Å². The molecule has 0 radical (unpaired) electrons. The van der Waals surface area contributed by atoms with E-state index in [4.69, 9.17) is 21.1 Å². The van der Waals surface area contributed by atoms with E-state index in [9.17, 15) is 13.2 Å². The van der Waals surface area contributed by atoms with E-state index in [1.165, 1.54) is 38.6 Å². The number of carbonyl (C=O) groups excluding carboxylic acids is 1. The monoisotopic (exact) mass is 515 g/mol. The zero-order valence-electron chi connectivity index (χ0n) is 19.3. The van der Waals surface area contributed by atoms with Crippen molar-refractivity contribution >= 4 is 33.7 Å². The van der Waals surface area contributed by atoms with E-state index >= 15 is 0 Å².